The molecule has 0 amide bonds. The van der Waals surface area contributed by atoms with Crippen LogP contribution in [0.3, 0.4) is 0 Å². The Morgan fingerprint density at radius 3 is 2.81 bits per heavy atom. The molecule has 2 N–H and O–H groups in total. The third kappa shape index (κ3) is 2.97. The first-order valence-corrected chi connectivity index (χ1v) is 5.71. The summed E-state index contributed by atoms with van der Waals surface area (Å²) in [6.07, 6.45) is -0.798. The molecule has 0 aliphatic heterocycles. The number of pyridine rings is 1. The second-order valence-electron chi connectivity index (χ2n) is 3.15. The number of aliphatic hydroxyl groups excluding tert-OH is 2. The maximum Gasteiger partial charge on any atom is 0.293 e. The second-order valence-corrected chi connectivity index (χ2v) is 3.95. The zero-order valence-electron chi connectivity index (χ0n) is 8.28. The van der Waals surface area contributed by atoms with Crippen LogP contribution in [0.4, 0.5) is 5.69 Å². The van der Waals surface area contributed by atoms with Crippen LogP contribution in [0.25, 0.3) is 0 Å². The van der Waals surface area contributed by atoms with Gasteiger partial charge in [0.25, 0.3) is 5.69 Å². The molecule has 0 aliphatic carbocycles. The van der Waals surface area contributed by atoms with Crippen molar-refractivity contribution in [3.8, 4) is 0 Å². The van der Waals surface area contributed by atoms with Gasteiger partial charge in [-0.15, -0.1) is 0 Å². The first kappa shape index (κ1) is 13.0. The van der Waals surface area contributed by atoms with Crippen molar-refractivity contribution in [2.45, 2.75) is 18.6 Å². The lowest BCUT2D eigenvalue weighted by Crippen LogP contribution is -2.20. The van der Waals surface area contributed by atoms with Gasteiger partial charge in [0.15, 0.2) is 0 Å². The lowest BCUT2D eigenvalue weighted by molar-refractivity contribution is -0.386. The third-order valence-electron chi connectivity index (χ3n) is 2.06. The highest BCUT2D eigenvalue weighted by molar-refractivity contribution is 9.09. The molecule has 1 aromatic rings. The van der Waals surface area contributed by atoms with Crippen LogP contribution in [0.2, 0.25) is 0 Å². The molecule has 0 saturated heterocycles. The van der Waals surface area contributed by atoms with Crippen molar-refractivity contribution in [2.24, 2.45) is 0 Å². The summed E-state index contributed by atoms with van der Waals surface area (Å²) in [5.41, 5.74) is -0.399. The fraction of sp³-hybridized carbons (Fsp3) is 0.444. The standard InChI is InChI=1S/C9H11BrN2O4/c10-4-3-7(13)9(14)8-6(12(15)16)2-1-5-11-8/h1-2,5,7,9,13-14H,3-4H2. The number of halogens is 1. The van der Waals surface area contributed by atoms with E-state index in [0.29, 0.717) is 5.33 Å². The van der Waals surface area contributed by atoms with Crippen LogP contribution in [-0.4, -0.2) is 31.6 Å². The van der Waals surface area contributed by atoms with E-state index in [-0.39, 0.29) is 17.8 Å². The van der Waals surface area contributed by atoms with E-state index in [0.717, 1.165) is 0 Å². The van der Waals surface area contributed by atoms with Gasteiger partial charge < -0.3 is 10.2 Å². The number of alkyl halides is 1. The maximum absolute atomic E-state index is 10.7. The van der Waals surface area contributed by atoms with Gasteiger partial charge in [0.05, 0.1) is 11.0 Å². The maximum atomic E-state index is 10.7. The SMILES string of the molecule is O=[N+]([O-])c1cccnc1C(O)C(O)CCBr. The molecule has 0 fully saturated rings. The molecule has 0 saturated carbocycles. The van der Waals surface area contributed by atoms with E-state index in [1.54, 1.807) is 0 Å². The van der Waals surface area contributed by atoms with E-state index in [9.17, 15) is 20.3 Å². The fourth-order valence-electron chi connectivity index (χ4n) is 1.24. The molecule has 88 valence electrons. The predicted octanol–water partition coefficient (Wildman–Crippen LogP) is 1.17. The smallest absolute Gasteiger partial charge is 0.293 e. The van der Waals surface area contributed by atoms with Crippen molar-refractivity contribution in [3.63, 3.8) is 0 Å². The highest BCUT2D eigenvalue weighted by Crippen LogP contribution is 2.25. The molecule has 16 heavy (non-hydrogen) atoms. The normalized spacial score (nSPS) is 14.4. The molecule has 1 rings (SSSR count). The topological polar surface area (TPSA) is 96.5 Å². The summed E-state index contributed by atoms with van der Waals surface area (Å²) >= 11 is 3.11. The van der Waals surface area contributed by atoms with Crippen molar-refractivity contribution in [1.82, 2.24) is 4.98 Å². The monoisotopic (exact) mass is 290 g/mol. The number of aliphatic hydroxyl groups is 2. The summed E-state index contributed by atoms with van der Waals surface area (Å²) in [5.74, 6) is 0. The van der Waals surface area contributed by atoms with E-state index in [4.69, 9.17) is 0 Å². The molecule has 0 radical (unpaired) electrons. The predicted molar refractivity (Wildman–Crippen MR) is 60.3 cm³/mol. The number of nitro groups is 1. The fourth-order valence-corrected chi connectivity index (χ4v) is 1.71. The average molecular weight is 291 g/mol. The van der Waals surface area contributed by atoms with Gasteiger partial charge in [-0.3, -0.25) is 15.1 Å². The Balaban J connectivity index is 2.98. The third-order valence-corrected chi connectivity index (χ3v) is 2.52. The zero-order valence-corrected chi connectivity index (χ0v) is 9.87. The Bertz CT molecular complexity index is 374. The van der Waals surface area contributed by atoms with Crippen LogP contribution in [0.15, 0.2) is 18.3 Å². The molecule has 0 bridgehead atoms. The van der Waals surface area contributed by atoms with E-state index >= 15 is 0 Å². The molecular formula is C9H11BrN2O4. The Morgan fingerprint density at radius 2 is 2.25 bits per heavy atom. The van der Waals surface area contributed by atoms with Crippen molar-refractivity contribution >= 4 is 21.6 Å². The van der Waals surface area contributed by atoms with Gasteiger partial charge in [0.1, 0.15) is 11.8 Å². The van der Waals surface area contributed by atoms with E-state index in [2.05, 4.69) is 20.9 Å². The first-order valence-electron chi connectivity index (χ1n) is 4.59. The highest BCUT2D eigenvalue weighted by Gasteiger charge is 2.26. The Kier molecular flexibility index (Phi) is 4.78. The molecule has 0 spiro atoms. The van der Waals surface area contributed by atoms with Crippen molar-refractivity contribution in [3.05, 3.63) is 34.1 Å². The number of aromatic nitrogens is 1. The minimum Gasteiger partial charge on any atom is -0.390 e. The molecule has 0 aromatic carbocycles. The van der Waals surface area contributed by atoms with E-state index in [1.807, 2.05) is 0 Å². The van der Waals surface area contributed by atoms with E-state index < -0.39 is 17.1 Å². The van der Waals surface area contributed by atoms with Gasteiger partial charge in [-0.25, -0.2) is 0 Å². The lowest BCUT2D eigenvalue weighted by Gasteiger charge is -2.15. The van der Waals surface area contributed by atoms with Gasteiger partial charge in [-0.1, -0.05) is 15.9 Å². The van der Waals surface area contributed by atoms with Gasteiger partial charge in [0, 0.05) is 17.6 Å². The van der Waals surface area contributed by atoms with E-state index in [1.165, 1.54) is 18.3 Å². The largest absolute Gasteiger partial charge is 0.390 e. The highest BCUT2D eigenvalue weighted by atomic mass is 79.9. The summed E-state index contributed by atoms with van der Waals surface area (Å²) in [4.78, 5) is 13.8. The quantitative estimate of drug-likeness (QED) is 0.482. The molecule has 0 aliphatic rings. The Hall–Kier alpha value is -1.05. The second kappa shape index (κ2) is 5.88. The summed E-state index contributed by atoms with van der Waals surface area (Å²) in [5, 5.41) is 30.4. The Morgan fingerprint density at radius 1 is 1.56 bits per heavy atom. The van der Waals surface area contributed by atoms with Crippen molar-refractivity contribution in [1.29, 1.82) is 0 Å². The van der Waals surface area contributed by atoms with Crippen LogP contribution >= 0.6 is 15.9 Å². The van der Waals surface area contributed by atoms with Gasteiger partial charge >= 0.3 is 0 Å². The molecule has 6 nitrogen and oxygen atoms in total. The number of hydrogen-bond donors (Lipinski definition) is 2. The molecule has 1 aromatic heterocycles. The number of nitrogens with zero attached hydrogens (tertiary/aromatic N) is 2. The molecule has 2 atom stereocenters. The van der Waals surface area contributed by atoms with Crippen LogP contribution < -0.4 is 0 Å². The summed E-state index contributed by atoms with van der Waals surface area (Å²) in [6, 6.07) is 2.65. The van der Waals surface area contributed by atoms with Crippen molar-refractivity contribution < 1.29 is 15.1 Å². The minimum atomic E-state index is -1.35. The van der Waals surface area contributed by atoms with Crippen LogP contribution in [0.5, 0.6) is 0 Å². The van der Waals surface area contributed by atoms with Gasteiger partial charge in [-0.2, -0.15) is 0 Å². The molecule has 7 heteroatoms. The minimum absolute atomic E-state index is 0.110. The summed E-state index contributed by atoms with van der Waals surface area (Å²) < 4.78 is 0. The first-order chi connectivity index (χ1) is 7.57. The summed E-state index contributed by atoms with van der Waals surface area (Å²) in [7, 11) is 0. The molecular weight excluding hydrogens is 280 g/mol. The lowest BCUT2D eigenvalue weighted by atomic mass is 10.1. The Labute approximate surface area is 100 Å². The van der Waals surface area contributed by atoms with Crippen LogP contribution in [0.1, 0.15) is 18.2 Å². The molecule has 1 heterocycles. The number of hydrogen-bond acceptors (Lipinski definition) is 5. The van der Waals surface area contributed by atoms with Gasteiger partial charge in [-0.05, 0) is 12.5 Å². The van der Waals surface area contributed by atoms with Crippen LogP contribution in [0, 0.1) is 10.1 Å². The number of rotatable bonds is 5. The summed E-state index contributed by atoms with van der Waals surface area (Å²) in [6.45, 7) is 0. The molecule has 2 unspecified atom stereocenters. The van der Waals surface area contributed by atoms with Gasteiger partial charge in [0.2, 0.25) is 0 Å². The van der Waals surface area contributed by atoms with Crippen molar-refractivity contribution in [2.75, 3.05) is 5.33 Å². The zero-order chi connectivity index (χ0) is 12.1. The average Bonchev–Trinajstić information content (AvgIpc) is 2.28. The van der Waals surface area contributed by atoms with Crippen LogP contribution in [-0.2, 0) is 0 Å².